The largest absolute Gasteiger partial charge is 0.392 e. The van der Waals surface area contributed by atoms with Gasteiger partial charge in [-0.1, -0.05) is 33.1 Å². The lowest BCUT2D eigenvalue weighted by Gasteiger charge is -2.34. The third-order valence-electron chi connectivity index (χ3n) is 5.14. The highest BCUT2D eigenvalue weighted by atomic mass is 16.3. The van der Waals surface area contributed by atoms with E-state index in [0.29, 0.717) is 12.1 Å². The SMILES string of the molecule is CC(C)C1CCC(NC2CCCCCC2O)CC1. The molecule has 0 aliphatic heterocycles. The Morgan fingerprint density at radius 3 is 2.22 bits per heavy atom. The minimum absolute atomic E-state index is 0.102. The Kier molecular flexibility index (Phi) is 5.50. The van der Waals surface area contributed by atoms with E-state index >= 15 is 0 Å². The molecule has 0 amide bonds. The summed E-state index contributed by atoms with van der Waals surface area (Å²) in [5.74, 6) is 1.77. The Hall–Kier alpha value is -0.0800. The van der Waals surface area contributed by atoms with Crippen LogP contribution in [0.2, 0.25) is 0 Å². The molecule has 106 valence electrons. The third-order valence-corrected chi connectivity index (χ3v) is 5.14. The summed E-state index contributed by atoms with van der Waals surface area (Å²) in [5.41, 5.74) is 0. The van der Waals surface area contributed by atoms with Crippen molar-refractivity contribution in [3.8, 4) is 0 Å². The first kappa shape index (κ1) is 14.3. The summed E-state index contributed by atoms with van der Waals surface area (Å²) in [4.78, 5) is 0. The zero-order valence-electron chi connectivity index (χ0n) is 12.2. The van der Waals surface area contributed by atoms with Gasteiger partial charge in [0.25, 0.3) is 0 Å². The van der Waals surface area contributed by atoms with Gasteiger partial charge >= 0.3 is 0 Å². The van der Waals surface area contributed by atoms with Crippen molar-refractivity contribution in [2.45, 2.75) is 89.8 Å². The first-order valence-electron chi connectivity index (χ1n) is 8.11. The van der Waals surface area contributed by atoms with E-state index in [1.165, 1.54) is 51.4 Å². The van der Waals surface area contributed by atoms with Crippen LogP contribution < -0.4 is 5.32 Å². The second-order valence-electron chi connectivity index (χ2n) is 6.83. The number of rotatable bonds is 3. The minimum Gasteiger partial charge on any atom is -0.392 e. The molecule has 2 saturated carbocycles. The average Bonchev–Trinajstić information content (AvgIpc) is 2.56. The molecule has 2 aliphatic rings. The molecule has 2 heteroatoms. The Labute approximate surface area is 113 Å². The molecular weight excluding hydrogens is 222 g/mol. The molecule has 0 spiro atoms. The number of aliphatic hydroxyl groups excluding tert-OH is 1. The van der Waals surface area contributed by atoms with Crippen molar-refractivity contribution in [1.82, 2.24) is 5.32 Å². The number of hydrogen-bond acceptors (Lipinski definition) is 2. The van der Waals surface area contributed by atoms with E-state index in [1.54, 1.807) is 0 Å². The molecule has 2 nitrogen and oxygen atoms in total. The molecule has 0 aromatic carbocycles. The maximum atomic E-state index is 10.2. The summed E-state index contributed by atoms with van der Waals surface area (Å²) < 4.78 is 0. The second kappa shape index (κ2) is 6.91. The molecule has 2 fully saturated rings. The fourth-order valence-corrected chi connectivity index (χ4v) is 3.74. The monoisotopic (exact) mass is 253 g/mol. The van der Waals surface area contributed by atoms with Gasteiger partial charge in [0.2, 0.25) is 0 Å². The van der Waals surface area contributed by atoms with Crippen molar-refractivity contribution in [3.05, 3.63) is 0 Å². The van der Waals surface area contributed by atoms with Gasteiger partial charge in [0.15, 0.2) is 0 Å². The first-order valence-corrected chi connectivity index (χ1v) is 8.11. The molecule has 2 N–H and O–H groups in total. The molecule has 2 atom stereocenters. The predicted molar refractivity (Wildman–Crippen MR) is 76.6 cm³/mol. The molecule has 0 radical (unpaired) electrons. The van der Waals surface area contributed by atoms with Crippen molar-refractivity contribution in [1.29, 1.82) is 0 Å². The van der Waals surface area contributed by atoms with E-state index in [-0.39, 0.29) is 6.10 Å². The van der Waals surface area contributed by atoms with Gasteiger partial charge in [0, 0.05) is 12.1 Å². The molecule has 0 heterocycles. The van der Waals surface area contributed by atoms with Gasteiger partial charge in [-0.15, -0.1) is 0 Å². The van der Waals surface area contributed by atoms with Gasteiger partial charge < -0.3 is 10.4 Å². The second-order valence-corrected chi connectivity index (χ2v) is 6.83. The van der Waals surface area contributed by atoms with Crippen LogP contribution in [0.25, 0.3) is 0 Å². The van der Waals surface area contributed by atoms with Crippen molar-refractivity contribution >= 4 is 0 Å². The van der Waals surface area contributed by atoms with E-state index in [9.17, 15) is 5.11 Å². The molecule has 2 rings (SSSR count). The predicted octanol–water partition coefficient (Wildman–Crippen LogP) is 3.48. The van der Waals surface area contributed by atoms with Crippen LogP contribution in [0.1, 0.15) is 71.6 Å². The van der Waals surface area contributed by atoms with Crippen molar-refractivity contribution in [2.24, 2.45) is 11.8 Å². The van der Waals surface area contributed by atoms with Gasteiger partial charge in [-0.05, 0) is 50.4 Å². The number of aliphatic hydroxyl groups is 1. The van der Waals surface area contributed by atoms with Crippen LogP contribution in [-0.2, 0) is 0 Å². The summed E-state index contributed by atoms with van der Waals surface area (Å²) in [7, 11) is 0. The van der Waals surface area contributed by atoms with Crippen LogP contribution in [0.15, 0.2) is 0 Å². The normalized spacial score (nSPS) is 38.7. The van der Waals surface area contributed by atoms with E-state index in [2.05, 4.69) is 19.2 Å². The van der Waals surface area contributed by atoms with Crippen LogP contribution in [0.4, 0.5) is 0 Å². The molecule has 0 aromatic heterocycles. The highest BCUT2D eigenvalue weighted by Gasteiger charge is 2.27. The van der Waals surface area contributed by atoms with Crippen LogP contribution in [0, 0.1) is 11.8 Å². The average molecular weight is 253 g/mol. The molecule has 0 saturated heterocycles. The van der Waals surface area contributed by atoms with E-state index < -0.39 is 0 Å². The quantitative estimate of drug-likeness (QED) is 0.755. The van der Waals surface area contributed by atoms with Gasteiger partial charge in [0.05, 0.1) is 6.10 Å². The van der Waals surface area contributed by atoms with Gasteiger partial charge in [-0.3, -0.25) is 0 Å². The summed E-state index contributed by atoms with van der Waals surface area (Å²) in [6, 6.07) is 1.03. The van der Waals surface area contributed by atoms with Gasteiger partial charge in [-0.2, -0.15) is 0 Å². The lowest BCUT2D eigenvalue weighted by molar-refractivity contribution is 0.105. The van der Waals surface area contributed by atoms with Crippen LogP contribution in [0.5, 0.6) is 0 Å². The first-order chi connectivity index (χ1) is 8.66. The summed E-state index contributed by atoms with van der Waals surface area (Å²) in [5, 5.41) is 13.9. The third kappa shape index (κ3) is 3.96. The summed E-state index contributed by atoms with van der Waals surface area (Å²) in [6.45, 7) is 4.71. The van der Waals surface area contributed by atoms with Gasteiger partial charge in [-0.25, -0.2) is 0 Å². The lowest BCUT2D eigenvalue weighted by Crippen LogP contribution is -2.46. The van der Waals surface area contributed by atoms with Crippen LogP contribution in [-0.4, -0.2) is 23.3 Å². The van der Waals surface area contributed by atoms with E-state index in [0.717, 1.165) is 18.3 Å². The zero-order chi connectivity index (χ0) is 13.0. The van der Waals surface area contributed by atoms with E-state index in [1.807, 2.05) is 0 Å². The lowest BCUT2D eigenvalue weighted by atomic mass is 9.79. The smallest absolute Gasteiger partial charge is 0.0693 e. The fraction of sp³-hybridized carbons (Fsp3) is 1.00. The molecular formula is C16H31NO. The Morgan fingerprint density at radius 2 is 1.56 bits per heavy atom. The Bertz CT molecular complexity index is 233. The molecule has 0 aromatic rings. The van der Waals surface area contributed by atoms with Crippen LogP contribution in [0.3, 0.4) is 0 Å². The molecule has 0 bridgehead atoms. The topological polar surface area (TPSA) is 32.3 Å². The maximum Gasteiger partial charge on any atom is 0.0693 e. The molecule has 2 aliphatic carbocycles. The fourth-order valence-electron chi connectivity index (χ4n) is 3.74. The van der Waals surface area contributed by atoms with Crippen LogP contribution >= 0.6 is 0 Å². The maximum absolute atomic E-state index is 10.2. The molecule has 2 unspecified atom stereocenters. The van der Waals surface area contributed by atoms with E-state index in [4.69, 9.17) is 0 Å². The summed E-state index contributed by atoms with van der Waals surface area (Å²) in [6.07, 6.45) is 11.2. The molecule has 18 heavy (non-hydrogen) atoms. The number of nitrogens with one attached hydrogen (secondary N) is 1. The van der Waals surface area contributed by atoms with Crippen molar-refractivity contribution in [3.63, 3.8) is 0 Å². The number of hydrogen-bond donors (Lipinski definition) is 2. The van der Waals surface area contributed by atoms with Crippen molar-refractivity contribution < 1.29 is 5.11 Å². The Balaban J connectivity index is 1.76. The standard InChI is InChI=1S/C16H31NO/c1-12(2)13-8-10-14(11-9-13)17-15-6-4-3-5-7-16(15)18/h12-18H,3-11H2,1-2H3. The minimum atomic E-state index is -0.102. The zero-order valence-corrected chi connectivity index (χ0v) is 12.2. The highest BCUT2D eigenvalue weighted by molar-refractivity contribution is 4.85. The highest BCUT2D eigenvalue weighted by Crippen LogP contribution is 2.30. The summed E-state index contributed by atoms with van der Waals surface area (Å²) >= 11 is 0. The van der Waals surface area contributed by atoms with Crippen molar-refractivity contribution in [2.75, 3.05) is 0 Å². The Morgan fingerprint density at radius 1 is 0.889 bits per heavy atom. The van der Waals surface area contributed by atoms with Gasteiger partial charge in [0.1, 0.15) is 0 Å².